The van der Waals surface area contributed by atoms with Crippen LogP contribution in [0.3, 0.4) is 0 Å². The quantitative estimate of drug-likeness (QED) is 0.0703. The fourth-order valence-electron chi connectivity index (χ4n) is 5.87. The number of carboxylic acid groups (broad SMARTS) is 2. The van der Waals surface area contributed by atoms with Crippen LogP contribution in [0.25, 0.3) is 0 Å². The molecule has 0 saturated carbocycles. The van der Waals surface area contributed by atoms with E-state index < -0.39 is 78.1 Å². The number of nitrogens with one attached hydrogen (secondary N) is 3. The number of aliphatic carboxylic acids is 2. The van der Waals surface area contributed by atoms with Gasteiger partial charge in [-0.3, -0.25) is 28.4 Å². The molecule has 1 heterocycles. The molecule has 316 valence electrons. The van der Waals surface area contributed by atoms with E-state index in [0.717, 1.165) is 11.1 Å². The largest absolute Gasteiger partial charge is 0.490 e. The van der Waals surface area contributed by atoms with Gasteiger partial charge in [0, 0.05) is 19.5 Å². The summed E-state index contributed by atoms with van der Waals surface area (Å²) < 4.78 is 44.8. The lowest BCUT2D eigenvalue weighted by atomic mass is 9.88. The first-order valence-corrected chi connectivity index (χ1v) is 18.5. The standard InChI is InChI=1S/C36H52FN7O6.C2HF3O2/c37-19-9-7-15-28(32(46)42-29(16-8-10-20-38)34(48)44-21-17-36(40,18-22-44)35(49)50)41-33(47)30(24-26-13-5-2-6-14-26)43-31(45)27(39)23-25-11-3-1-4-12-25;3-2(4,5)1(6)7/h1-6,11-14,27-30H,7-10,15-24,38-40H2,(H,41,47)(H,42,46)(H,43,45)(H,49,50);(H,6,7)/t27-,28?,29-,30-;/m1./s1. The second kappa shape index (κ2) is 23.8. The van der Waals surface area contributed by atoms with E-state index in [1.54, 1.807) is 12.1 Å². The van der Waals surface area contributed by atoms with Gasteiger partial charge in [-0.25, -0.2) is 4.79 Å². The van der Waals surface area contributed by atoms with Crippen molar-refractivity contribution in [3.8, 4) is 0 Å². The number of carbonyl (C=O) groups excluding carboxylic acids is 4. The van der Waals surface area contributed by atoms with Crippen molar-refractivity contribution in [2.45, 2.75) is 100 Å². The Morgan fingerprint density at radius 3 is 1.67 bits per heavy atom. The normalized spacial score (nSPS) is 15.7. The van der Waals surface area contributed by atoms with Crippen molar-refractivity contribution >= 4 is 35.6 Å². The van der Waals surface area contributed by atoms with Crippen molar-refractivity contribution in [2.75, 3.05) is 26.3 Å². The van der Waals surface area contributed by atoms with E-state index in [2.05, 4.69) is 16.0 Å². The topological polar surface area (TPSA) is 260 Å². The summed E-state index contributed by atoms with van der Waals surface area (Å²) in [6.07, 6.45) is -2.67. The summed E-state index contributed by atoms with van der Waals surface area (Å²) in [6.45, 7) is -0.00953. The van der Waals surface area contributed by atoms with Crippen LogP contribution in [0.5, 0.6) is 0 Å². The average molecular weight is 812 g/mol. The molecule has 2 aromatic rings. The van der Waals surface area contributed by atoms with Gasteiger partial charge in [0.15, 0.2) is 0 Å². The minimum Gasteiger partial charge on any atom is -0.480 e. The number of nitrogens with two attached hydrogens (primary N) is 3. The summed E-state index contributed by atoms with van der Waals surface area (Å²) in [5.41, 5.74) is 18.1. The number of hydrogen-bond acceptors (Lipinski definition) is 9. The summed E-state index contributed by atoms with van der Waals surface area (Å²) in [4.78, 5) is 76.5. The minimum atomic E-state index is -5.08. The summed E-state index contributed by atoms with van der Waals surface area (Å²) in [6, 6.07) is 14.1. The maximum atomic E-state index is 13.8. The van der Waals surface area contributed by atoms with Crippen LogP contribution in [0.15, 0.2) is 60.7 Å². The number of carboxylic acids is 2. The second-order valence-electron chi connectivity index (χ2n) is 13.7. The maximum absolute atomic E-state index is 13.8. The lowest BCUT2D eigenvalue weighted by Gasteiger charge is -2.38. The van der Waals surface area contributed by atoms with Crippen molar-refractivity contribution in [1.82, 2.24) is 20.9 Å². The Morgan fingerprint density at radius 2 is 1.18 bits per heavy atom. The zero-order valence-corrected chi connectivity index (χ0v) is 31.5. The van der Waals surface area contributed by atoms with E-state index in [1.165, 1.54) is 4.90 Å². The van der Waals surface area contributed by atoms with Crippen LogP contribution < -0.4 is 33.2 Å². The van der Waals surface area contributed by atoms with Gasteiger partial charge in [-0.2, -0.15) is 13.2 Å². The highest BCUT2D eigenvalue weighted by Crippen LogP contribution is 2.21. The molecular formula is C38H53F4N7O8. The molecule has 0 radical (unpaired) electrons. The molecule has 0 spiro atoms. The molecule has 19 heteroatoms. The highest BCUT2D eigenvalue weighted by molar-refractivity contribution is 5.95. The molecular weight excluding hydrogens is 758 g/mol. The number of likely N-dealkylation sites (tertiary alicyclic amines) is 1. The molecule has 1 fully saturated rings. The Morgan fingerprint density at radius 1 is 0.719 bits per heavy atom. The number of hydrogen-bond donors (Lipinski definition) is 8. The van der Waals surface area contributed by atoms with Gasteiger partial charge in [-0.15, -0.1) is 0 Å². The summed E-state index contributed by atoms with van der Waals surface area (Å²) >= 11 is 0. The van der Waals surface area contributed by atoms with Gasteiger partial charge in [0.25, 0.3) is 0 Å². The molecule has 11 N–H and O–H groups in total. The van der Waals surface area contributed by atoms with E-state index in [9.17, 15) is 46.6 Å². The van der Waals surface area contributed by atoms with Gasteiger partial charge >= 0.3 is 18.1 Å². The Balaban J connectivity index is 0.00000146. The van der Waals surface area contributed by atoms with Crippen molar-refractivity contribution in [2.24, 2.45) is 17.2 Å². The molecule has 0 aliphatic carbocycles. The number of amides is 4. The molecule has 0 bridgehead atoms. The smallest absolute Gasteiger partial charge is 0.480 e. The fraction of sp³-hybridized carbons (Fsp3) is 0.526. The van der Waals surface area contributed by atoms with E-state index in [-0.39, 0.29) is 64.5 Å². The molecule has 1 aliphatic heterocycles. The third kappa shape index (κ3) is 16.9. The fourth-order valence-corrected chi connectivity index (χ4v) is 5.87. The molecule has 2 aromatic carbocycles. The van der Waals surface area contributed by atoms with Crippen LogP contribution in [0.2, 0.25) is 0 Å². The molecule has 4 atom stereocenters. The first kappa shape index (κ1) is 48.0. The lowest BCUT2D eigenvalue weighted by Crippen LogP contribution is -2.60. The highest BCUT2D eigenvalue weighted by Gasteiger charge is 2.41. The van der Waals surface area contributed by atoms with Gasteiger partial charge in [-0.05, 0) is 75.5 Å². The van der Waals surface area contributed by atoms with E-state index in [1.807, 2.05) is 48.5 Å². The molecule has 3 rings (SSSR count). The predicted molar refractivity (Wildman–Crippen MR) is 201 cm³/mol. The Labute approximate surface area is 328 Å². The minimum absolute atomic E-state index is 0.0585. The summed E-state index contributed by atoms with van der Waals surface area (Å²) in [5, 5.41) is 24.9. The van der Waals surface area contributed by atoms with Gasteiger partial charge in [0.05, 0.1) is 12.7 Å². The number of halogens is 4. The molecule has 1 aliphatic rings. The number of unbranched alkanes of at least 4 members (excludes halogenated alkanes) is 2. The molecule has 0 aromatic heterocycles. The number of rotatable bonds is 20. The first-order valence-electron chi connectivity index (χ1n) is 18.5. The zero-order chi connectivity index (χ0) is 42.6. The van der Waals surface area contributed by atoms with Gasteiger partial charge in [-0.1, -0.05) is 60.7 Å². The van der Waals surface area contributed by atoms with E-state index in [4.69, 9.17) is 27.1 Å². The Bertz CT molecular complexity index is 1600. The second-order valence-corrected chi connectivity index (χ2v) is 13.7. The monoisotopic (exact) mass is 811 g/mol. The number of benzene rings is 2. The van der Waals surface area contributed by atoms with Crippen molar-refractivity contribution in [3.05, 3.63) is 71.8 Å². The molecule has 57 heavy (non-hydrogen) atoms. The molecule has 1 saturated heterocycles. The van der Waals surface area contributed by atoms with E-state index >= 15 is 0 Å². The van der Waals surface area contributed by atoms with Crippen LogP contribution >= 0.6 is 0 Å². The van der Waals surface area contributed by atoms with Gasteiger partial charge in [0.1, 0.15) is 23.7 Å². The van der Waals surface area contributed by atoms with Gasteiger partial charge < -0.3 is 48.3 Å². The van der Waals surface area contributed by atoms with Crippen LogP contribution in [0.4, 0.5) is 17.6 Å². The number of piperidine rings is 1. The van der Waals surface area contributed by atoms with Crippen LogP contribution in [-0.4, -0.2) is 113 Å². The number of carbonyl (C=O) groups is 6. The third-order valence-corrected chi connectivity index (χ3v) is 9.26. The molecule has 1 unspecified atom stereocenters. The van der Waals surface area contributed by atoms with Crippen LogP contribution in [0, 0.1) is 0 Å². The summed E-state index contributed by atoms with van der Waals surface area (Å²) in [7, 11) is 0. The third-order valence-electron chi connectivity index (χ3n) is 9.26. The van der Waals surface area contributed by atoms with Crippen LogP contribution in [-0.2, 0) is 41.6 Å². The lowest BCUT2D eigenvalue weighted by molar-refractivity contribution is -0.192. The zero-order valence-electron chi connectivity index (χ0n) is 31.5. The Kier molecular flexibility index (Phi) is 20.1. The van der Waals surface area contributed by atoms with E-state index in [0.29, 0.717) is 19.4 Å². The Hall–Kier alpha value is -5.14. The van der Waals surface area contributed by atoms with Crippen molar-refractivity contribution < 1.29 is 56.5 Å². The maximum Gasteiger partial charge on any atom is 0.490 e. The number of alkyl halides is 4. The predicted octanol–water partition coefficient (Wildman–Crippen LogP) is 1.56. The molecule has 15 nitrogen and oxygen atoms in total. The highest BCUT2D eigenvalue weighted by atomic mass is 19.4. The van der Waals surface area contributed by atoms with Crippen molar-refractivity contribution in [1.29, 1.82) is 0 Å². The van der Waals surface area contributed by atoms with Gasteiger partial charge in [0.2, 0.25) is 23.6 Å². The van der Waals surface area contributed by atoms with Crippen molar-refractivity contribution in [3.63, 3.8) is 0 Å². The number of nitrogens with zero attached hydrogens (tertiary/aromatic N) is 1. The SMILES string of the molecule is NCCCC[C@@H](NC(=O)C(CCCCF)NC(=O)[C@@H](Cc1ccccc1)NC(=O)[C@H](N)Cc1ccccc1)C(=O)N1CCC(N)(C(=O)O)CC1.O=C(O)C(F)(F)F. The average Bonchev–Trinajstić information content (AvgIpc) is 3.17. The first-order chi connectivity index (χ1) is 26.9. The summed E-state index contributed by atoms with van der Waals surface area (Å²) in [5.74, 6) is -6.09. The van der Waals surface area contributed by atoms with Crippen LogP contribution in [0.1, 0.15) is 62.5 Å². The molecule has 4 amide bonds.